The van der Waals surface area contributed by atoms with Crippen LogP contribution in [0.25, 0.3) is 0 Å². The van der Waals surface area contributed by atoms with Crippen LogP contribution >= 0.6 is 24.0 Å². The minimum atomic E-state index is 0. The van der Waals surface area contributed by atoms with Crippen molar-refractivity contribution in [2.24, 2.45) is 10.9 Å². The van der Waals surface area contributed by atoms with Crippen LogP contribution in [-0.2, 0) is 16.0 Å². The number of rotatable bonds is 9. The number of hydrogen-bond donors (Lipinski definition) is 2. The van der Waals surface area contributed by atoms with Crippen LogP contribution in [0.2, 0.25) is 0 Å². The van der Waals surface area contributed by atoms with E-state index < -0.39 is 0 Å². The van der Waals surface area contributed by atoms with Crippen molar-refractivity contribution in [3.05, 3.63) is 35.4 Å². The number of aliphatic imine (C=N–C) groups is 1. The molecule has 2 aliphatic rings. The summed E-state index contributed by atoms with van der Waals surface area (Å²) < 4.78 is 11.2. The number of piperidine rings is 1. The average molecular weight is 545 g/mol. The molecule has 0 saturated carbocycles. The summed E-state index contributed by atoms with van der Waals surface area (Å²) in [6.07, 6.45) is 5.58. The Morgan fingerprint density at radius 1 is 1.16 bits per heavy atom. The lowest BCUT2D eigenvalue weighted by Gasteiger charge is -2.33. The molecular formula is C24H41IN4O2. The van der Waals surface area contributed by atoms with Crippen molar-refractivity contribution in [2.75, 3.05) is 53.1 Å². The minimum absolute atomic E-state index is 0. The molecule has 2 heterocycles. The molecule has 6 nitrogen and oxygen atoms in total. The summed E-state index contributed by atoms with van der Waals surface area (Å²) >= 11 is 0. The van der Waals surface area contributed by atoms with E-state index in [4.69, 9.17) is 9.47 Å². The van der Waals surface area contributed by atoms with E-state index in [-0.39, 0.29) is 24.0 Å². The van der Waals surface area contributed by atoms with E-state index in [2.05, 4.69) is 51.7 Å². The highest BCUT2D eigenvalue weighted by molar-refractivity contribution is 14.0. The van der Waals surface area contributed by atoms with Crippen molar-refractivity contribution in [1.82, 2.24) is 15.5 Å². The van der Waals surface area contributed by atoms with Gasteiger partial charge in [-0.3, -0.25) is 9.89 Å². The Kier molecular flexibility index (Phi) is 12.8. The summed E-state index contributed by atoms with van der Waals surface area (Å²) in [6, 6.07) is 9.21. The first-order valence-corrected chi connectivity index (χ1v) is 11.6. The molecule has 1 aromatic carbocycles. The molecule has 0 radical (unpaired) electrons. The SMILES string of the molecule is CN=C(NCCCOCC1CCOCC1)NC1CCN(Cc2ccccc2C)CC1.I. The van der Waals surface area contributed by atoms with E-state index in [0.29, 0.717) is 12.0 Å². The smallest absolute Gasteiger partial charge is 0.191 e. The molecule has 0 aromatic heterocycles. The van der Waals surface area contributed by atoms with Gasteiger partial charge in [0.05, 0.1) is 0 Å². The second-order valence-electron chi connectivity index (χ2n) is 8.60. The molecule has 0 bridgehead atoms. The second kappa shape index (κ2) is 15.0. The number of nitrogens with zero attached hydrogens (tertiary/aromatic N) is 2. The molecule has 31 heavy (non-hydrogen) atoms. The molecule has 2 aliphatic heterocycles. The van der Waals surface area contributed by atoms with Crippen molar-refractivity contribution in [3.63, 3.8) is 0 Å². The molecule has 0 amide bonds. The van der Waals surface area contributed by atoms with Gasteiger partial charge in [0, 0.05) is 65.7 Å². The maximum absolute atomic E-state index is 5.85. The number of nitrogens with one attached hydrogen (secondary N) is 2. The molecule has 2 N–H and O–H groups in total. The van der Waals surface area contributed by atoms with Gasteiger partial charge in [0.1, 0.15) is 0 Å². The van der Waals surface area contributed by atoms with Crippen LogP contribution in [0.4, 0.5) is 0 Å². The number of hydrogen-bond acceptors (Lipinski definition) is 4. The monoisotopic (exact) mass is 544 g/mol. The quantitative estimate of drug-likeness (QED) is 0.216. The molecular weight excluding hydrogens is 503 g/mol. The highest BCUT2D eigenvalue weighted by Gasteiger charge is 2.20. The van der Waals surface area contributed by atoms with Crippen LogP contribution in [0.5, 0.6) is 0 Å². The Balaban J connectivity index is 0.00000341. The van der Waals surface area contributed by atoms with E-state index in [0.717, 1.165) is 90.7 Å². The summed E-state index contributed by atoms with van der Waals surface area (Å²) in [7, 11) is 1.85. The van der Waals surface area contributed by atoms with E-state index in [9.17, 15) is 0 Å². The maximum Gasteiger partial charge on any atom is 0.191 e. The zero-order valence-electron chi connectivity index (χ0n) is 19.3. The van der Waals surface area contributed by atoms with Crippen molar-refractivity contribution in [2.45, 2.75) is 51.6 Å². The number of guanidine groups is 1. The van der Waals surface area contributed by atoms with Gasteiger partial charge in [0.2, 0.25) is 0 Å². The fourth-order valence-electron chi connectivity index (χ4n) is 4.20. The maximum atomic E-state index is 5.85. The number of ether oxygens (including phenoxy) is 2. The van der Waals surface area contributed by atoms with E-state index >= 15 is 0 Å². The van der Waals surface area contributed by atoms with Crippen LogP contribution in [0.3, 0.4) is 0 Å². The van der Waals surface area contributed by atoms with Crippen molar-refractivity contribution in [3.8, 4) is 0 Å². The fourth-order valence-corrected chi connectivity index (χ4v) is 4.20. The van der Waals surface area contributed by atoms with E-state index in [1.807, 2.05) is 7.05 Å². The van der Waals surface area contributed by atoms with Gasteiger partial charge >= 0.3 is 0 Å². The van der Waals surface area contributed by atoms with Crippen molar-refractivity contribution < 1.29 is 9.47 Å². The van der Waals surface area contributed by atoms with Gasteiger partial charge in [-0.1, -0.05) is 24.3 Å². The number of likely N-dealkylation sites (tertiary alicyclic amines) is 1. The Bertz CT molecular complexity index is 644. The Morgan fingerprint density at radius 2 is 1.90 bits per heavy atom. The number of halogens is 1. The summed E-state index contributed by atoms with van der Waals surface area (Å²) in [4.78, 5) is 6.96. The fraction of sp³-hybridized carbons (Fsp3) is 0.708. The zero-order valence-corrected chi connectivity index (χ0v) is 21.6. The summed E-state index contributed by atoms with van der Waals surface area (Å²) in [6.45, 7) is 9.86. The zero-order chi connectivity index (χ0) is 21.0. The van der Waals surface area contributed by atoms with Crippen LogP contribution in [0.15, 0.2) is 29.3 Å². The third-order valence-corrected chi connectivity index (χ3v) is 6.26. The normalized spacial score (nSPS) is 19.1. The Labute approximate surface area is 205 Å². The minimum Gasteiger partial charge on any atom is -0.381 e. The highest BCUT2D eigenvalue weighted by Crippen LogP contribution is 2.16. The van der Waals surface area contributed by atoms with Gasteiger partial charge in [0.25, 0.3) is 0 Å². The summed E-state index contributed by atoms with van der Waals surface area (Å²) in [5, 5.41) is 7.04. The van der Waals surface area contributed by atoms with Gasteiger partial charge in [0.15, 0.2) is 5.96 Å². The molecule has 7 heteroatoms. The first-order chi connectivity index (χ1) is 14.7. The average Bonchev–Trinajstić information content (AvgIpc) is 2.78. The second-order valence-corrected chi connectivity index (χ2v) is 8.60. The Morgan fingerprint density at radius 3 is 2.61 bits per heavy atom. The first-order valence-electron chi connectivity index (χ1n) is 11.6. The van der Waals surface area contributed by atoms with Crippen LogP contribution in [-0.4, -0.2) is 70.0 Å². The number of aryl methyl sites for hydroxylation is 1. The predicted molar refractivity (Wildman–Crippen MR) is 138 cm³/mol. The first kappa shape index (κ1) is 26.4. The molecule has 0 unspecified atom stereocenters. The van der Waals surface area contributed by atoms with Crippen LogP contribution in [0, 0.1) is 12.8 Å². The van der Waals surface area contributed by atoms with Gasteiger partial charge < -0.3 is 20.1 Å². The standard InChI is InChI=1S/C24H40N4O2.HI/c1-20-6-3-4-7-22(20)18-28-13-8-23(9-14-28)27-24(25-2)26-12-5-15-30-19-21-10-16-29-17-11-21;/h3-4,6-7,21,23H,5,8-19H2,1-2H3,(H2,25,26,27);1H. The lowest BCUT2D eigenvalue weighted by Crippen LogP contribution is -2.48. The molecule has 0 aliphatic carbocycles. The molecule has 2 saturated heterocycles. The lowest BCUT2D eigenvalue weighted by molar-refractivity contribution is 0.0203. The molecule has 1 aromatic rings. The van der Waals surface area contributed by atoms with Crippen molar-refractivity contribution >= 4 is 29.9 Å². The molecule has 0 atom stereocenters. The van der Waals surface area contributed by atoms with E-state index in [1.165, 1.54) is 11.1 Å². The predicted octanol–water partition coefficient (Wildman–Crippen LogP) is 3.58. The van der Waals surface area contributed by atoms with Crippen molar-refractivity contribution in [1.29, 1.82) is 0 Å². The molecule has 3 rings (SSSR count). The topological polar surface area (TPSA) is 58.1 Å². The van der Waals surface area contributed by atoms with E-state index in [1.54, 1.807) is 0 Å². The van der Waals surface area contributed by atoms with Gasteiger partial charge in [-0.15, -0.1) is 24.0 Å². The summed E-state index contributed by atoms with van der Waals surface area (Å²) in [5.41, 5.74) is 2.83. The highest BCUT2D eigenvalue weighted by atomic mass is 127. The van der Waals surface area contributed by atoms with Gasteiger partial charge in [-0.2, -0.15) is 0 Å². The summed E-state index contributed by atoms with van der Waals surface area (Å²) in [5.74, 6) is 1.59. The lowest BCUT2D eigenvalue weighted by atomic mass is 10.0. The molecule has 176 valence electrons. The van der Waals surface area contributed by atoms with Crippen LogP contribution < -0.4 is 10.6 Å². The number of benzene rings is 1. The van der Waals surface area contributed by atoms with Gasteiger partial charge in [-0.25, -0.2) is 0 Å². The Hall–Kier alpha value is -0.900. The molecule has 2 fully saturated rings. The van der Waals surface area contributed by atoms with Gasteiger partial charge in [-0.05, 0) is 56.1 Å². The third-order valence-electron chi connectivity index (χ3n) is 6.26. The molecule has 0 spiro atoms. The van der Waals surface area contributed by atoms with Crippen LogP contribution in [0.1, 0.15) is 43.2 Å². The largest absolute Gasteiger partial charge is 0.381 e. The third kappa shape index (κ3) is 9.63.